The molecule has 26 heavy (non-hydrogen) atoms. The Morgan fingerprint density at radius 3 is 2.54 bits per heavy atom. The van der Waals surface area contributed by atoms with E-state index in [4.69, 9.17) is 11.6 Å². The van der Waals surface area contributed by atoms with Crippen LogP contribution in [0.5, 0.6) is 0 Å². The van der Waals surface area contributed by atoms with Crippen LogP contribution in [0.4, 0.5) is 5.69 Å². The van der Waals surface area contributed by atoms with Gasteiger partial charge in [-0.3, -0.25) is 4.79 Å². The molecule has 0 aliphatic carbocycles. The number of benzene rings is 3. The third-order valence-electron chi connectivity index (χ3n) is 3.89. The molecule has 1 amide bonds. The van der Waals surface area contributed by atoms with Gasteiger partial charge < -0.3 is 10.6 Å². The second-order valence-corrected chi connectivity index (χ2v) is 6.06. The lowest BCUT2D eigenvalue weighted by Crippen LogP contribution is -2.24. The number of fused-ring (bicyclic) bond motifs is 1. The van der Waals surface area contributed by atoms with Gasteiger partial charge >= 0.3 is 0 Å². The van der Waals surface area contributed by atoms with Crippen LogP contribution < -0.4 is 10.6 Å². The molecule has 0 aliphatic rings. The minimum Gasteiger partial charge on any atom is -0.360 e. The van der Waals surface area contributed by atoms with Gasteiger partial charge in [0.05, 0.1) is 0 Å². The van der Waals surface area contributed by atoms with E-state index < -0.39 is 5.91 Å². The predicted molar refractivity (Wildman–Crippen MR) is 105 cm³/mol. The second-order valence-electron chi connectivity index (χ2n) is 5.65. The highest BCUT2D eigenvalue weighted by Gasteiger charge is 2.09. The van der Waals surface area contributed by atoms with Crippen molar-refractivity contribution < 1.29 is 4.79 Å². The number of rotatable bonds is 5. The number of carbonyl (C=O) groups excluding carboxylic acids is 1. The summed E-state index contributed by atoms with van der Waals surface area (Å²) in [5, 5.41) is 17.7. The van der Waals surface area contributed by atoms with E-state index in [1.807, 2.05) is 66.7 Å². The van der Waals surface area contributed by atoms with Crippen LogP contribution in [-0.4, -0.2) is 5.91 Å². The number of anilines is 1. The molecule has 0 saturated carbocycles. The first-order chi connectivity index (χ1) is 12.7. The lowest BCUT2D eigenvalue weighted by molar-refractivity contribution is -0.117. The number of hydrogen-bond acceptors (Lipinski definition) is 3. The second kappa shape index (κ2) is 8.19. The fourth-order valence-corrected chi connectivity index (χ4v) is 2.70. The number of hydrogen-bond donors (Lipinski definition) is 2. The molecule has 3 aromatic carbocycles. The minimum atomic E-state index is -0.458. The molecule has 0 aromatic heterocycles. The average molecular weight is 362 g/mol. The Hall–Kier alpha value is -3.29. The number of nitrogens with one attached hydrogen (secondary N) is 2. The van der Waals surface area contributed by atoms with E-state index in [1.165, 1.54) is 6.20 Å². The summed E-state index contributed by atoms with van der Waals surface area (Å²) in [6.07, 6.45) is 1.41. The summed E-state index contributed by atoms with van der Waals surface area (Å²) < 4.78 is 0. The van der Waals surface area contributed by atoms with E-state index in [1.54, 1.807) is 6.07 Å². The Labute approximate surface area is 156 Å². The lowest BCUT2D eigenvalue weighted by Gasteiger charge is -2.07. The van der Waals surface area contributed by atoms with Gasteiger partial charge in [0.25, 0.3) is 5.91 Å². The van der Waals surface area contributed by atoms with Crippen LogP contribution in [0.25, 0.3) is 10.8 Å². The molecular formula is C21H16ClN3O. The number of amides is 1. The summed E-state index contributed by atoms with van der Waals surface area (Å²) in [6.45, 7) is 0.257. The zero-order chi connectivity index (χ0) is 18.4. The van der Waals surface area contributed by atoms with E-state index in [-0.39, 0.29) is 12.1 Å². The van der Waals surface area contributed by atoms with Gasteiger partial charge in [-0.15, -0.1) is 0 Å². The highest BCUT2D eigenvalue weighted by atomic mass is 35.5. The van der Waals surface area contributed by atoms with Crippen molar-refractivity contribution in [1.82, 2.24) is 5.32 Å². The molecule has 2 N–H and O–H groups in total. The molecule has 0 saturated heterocycles. The van der Waals surface area contributed by atoms with Crippen LogP contribution in [0.15, 0.2) is 78.5 Å². The molecule has 0 heterocycles. The molecule has 5 heteroatoms. The van der Waals surface area contributed by atoms with Crippen LogP contribution in [0, 0.1) is 11.3 Å². The molecule has 3 rings (SSSR count). The first kappa shape index (κ1) is 17.5. The predicted octanol–water partition coefficient (Wildman–Crippen LogP) is 4.63. The van der Waals surface area contributed by atoms with Crippen molar-refractivity contribution in [2.24, 2.45) is 0 Å². The molecular weight excluding hydrogens is 346 g/mol. The Morgan fingerprint density at radius 1 is 1.04 bits per heavy atom. The van der Waals surface area contributed by atoms with Gasteiger partial charge in [0.15, 0.2) is 0 Å². The van der Waals surface area contributed by atoms with Gasteiger partial charge in [-0.1, -0.05) is 60.1 Å². The summed E-state index contributed by atoms with van der Waals surface area (Å²) in [6, 6.07) is 23.0. The standard InChI is InChI=1S/C21H16ClN3O/c22-20-8-4-3-7-17(20)13-25-21(26)18(12-23)14-24-19-10-9-15-5-1-2-6-16(15)11-19/h1-11,14,24H,13H2,(H,25,26)/b18-14-. The van der Waals surface area contributed by atoms with Crippen LogP contribution in [-0.2, 0) is 11.3 Å². The maximum Gasteiger partial charge on any atom is 0.263 e. The molecule has 128 valence electrons. The number of carbonyl (C=O) groups is 1. The number of halogens is 1. The molecule has 0 atom stereocenters. The smallest absolute Gasteiger partial charge is 0.263 e. The van der Waals surface area contributed by atoms with Crippen molar-refractivity contribution in [3.8, 4) is 6.07 Å². The highest BCUT2D eigenvalue weighted by Crippen LogP contribution is 2.19. The SMILES string of the molecule is N#C/C(=C/Nc1ccc2ccccc2c1)C(=O)NCc1ccccc1Cl. The van der Waals surface area contributed by atoms with Crippen molar-refractivity contribution in [2.45, 2.75) is 6.54 Å². The Morgan fingerprint density at radius 2 is 1.77 bits per heavy atom. The Kier molecular flexibility index (Phi) is 5.52. The lowest BCUT2D eigenvalue weighted by atomic mass is 10.1. The number of nitrogens with zero attached hydrogens (tertiary/aromatic N) is 1. The van der Waals surface area contributed by atoms with E-state index in [2.05, 4.69) is 10.6 Å². The quantitative estimate of drug-likeness (QED) is 0.514. The fraction of sp³-hybridized carbons (Fsp3) is 0.0476. The maximum atomic E-state index is 12.2. The average Bonchev–Trinajstić information content (AvgIpc) is 2.67. The summed E-state index contributed by atoms with van der Waals surface area (Å²) in [5.41, 5.74) is 1.59. The highest BCUT2D eigenvalue weighted by molar-refractivity contribution is 6.31. The molecule has 0 spiro atoms. The summed E-state index contributed by atoms with van der Waals surface area (Å²) in [7, 11) is 0. The van der Waals surface area contributed by atoms with Gasteiger partial charge in [0, 0.05) is 23.5 Å². The zero-order valence-electron chi connectivity index (χ0n) is 13.9. The largest absolute Gasteiger partial charge is 0.360 e. The summed E-state index contributed by atoms with van der Waals surface area (Å²) in [4.78, 5) is 12.2. The summed E-state index contributed by atoms with van der Waals surface area (Å²) >= 11 is 6.07. The fourth-order valence-electron chi connectivity index (χ4n) is 2.50. The van der Waals surface area contributed by atoms with Crippen LogP contribution in [0.3, 0.4) is 0 Å². The van der Waals surface area contributed by atoms with E-state index >= 15 is 0 Å². The van der Waals surface area contributed by atoms with E-state index in [0.29, 0.717) is 5.02 Å². The third-order valence-corrected chi connectivity index (χ3v) is 4.26. The van der Waals surface area contributed by atoms with E-state index in [9.17, 15) is 10.1 Å². The first-order valence-electron chi connectivity index (χ1n) is 8.04. The summed E-state index contributed by atoms with van der Waals surface area (Å²) in [5.74, 6) is -0.458. The minimum absolute atomic E-state index is 0.00906. The van der Waals surface area contributed by atoms with Crippen molar-refractivity contribution in [2.75, 3.05) is 5.32 Å². The molecule has 0 radical (unpaired) electrons. The van der Waals surface area contributed by atoms with Crippen molar-refractivity contribution in [3.05, 3.63) is 89.1 Å². The molecule has 4 nitrogen and oxygen atoms in total. The Balaban J connectivity index is 1.67. The van der Waals surface area contributed by atoms with Crippen molar-refractivity contribution in [3.63, 3.8) is 0 Å². The van der Waals surface area contributed by atoms with Crippen LogP contribution in [0.2, 0.25) is 5.02 Å². The van der Waals surface area contributed by atoms with Gasteiger partial charge in [0.2, 0.25) is 0 Å². The maximum absolute atomic E-state index is 12.2. The topological polar surface area (TPSA) is 64.9 Å². The van der Waals surface area contributed by atoms with Crippen LogP contribution in [0.1, 0.15) is 5.56 Å². The molecule has 0 bridgehead atoms. The van der Waals surface area contributed by atoms with Crippen molar-refractivity contribution in [1.29, 1.82) is 5.26 Å². The van der Waals surface area contributed by atoms with Gasteiger partial charge in [-0.05, 0) is 34.5 Å². The van der Waals surface area contributed by atoms with Crippen LogP contribution >= 0.6 is 11.6 Å². The van der Waals surface area contributed by atoms with Crippen molar-refractivity contribution >= 4 is 34.0 Å². The third kappa shape index (κ3) is 4.21. The van der Waals surface area contributed by atoms with Gasteiger partial charge in [-0.25, -0.2) is 0 Å². The number of nitriles is 1. The van der Waals surface area contributed by atoms with Gasteiger partial charge in [0.1, 0.15) is 11.6 Å². The van der Waals surface area contributed by atoms with Gasteiger partial charge in [-0.2, -0.15) is 5.26 Å². The molecule has 3 aromatic rings. The Bertz CT molecular complexity index is 1020. The normalized spacial score (nSPS) is 11.0. The first-order valence-corrected chi connectivity index (χ1v) is 8.42. The van der Waals surface area contributed by atoms with E-state index in [0.717, 1.165) is 22.0 Å². The monoisotopic (exact) mass is 361 g/mol. The molecule has 0 unspecified atom stereocenters. The molecule has 0 aliphatic heterocycles. The molecule has 0 fully saturated rings. The zero-order valence-corrected chi connectivity index (χ0v) is 14.6.